The number of phenolic OH excluding ortho intramolecular Hbond substituents is 1. The first-order valence-corrected chi connectivity index (χ1v) is 9.86. The van der Waals surface area contributed by atoms with Crippen LogP contribution in [0, 0.1) is 5.92 Å². The van der Waals surface area contributed by atoms with Gasteiger partial charge in [0.25, 0.3) is 5.91 Å². The van der Waals surface area contributed by atoms with Crippen LogP contribution in [0.25, 0.3) is 0 Å². The minimum Gasteiger partial charge on any atom is -0.507 e. The van der Waals surface area contributed by atoms with Crippen LogP contribution in [0.2, 0.25) is 0 Å². The molecule has 1 fully saturated rings. The summed E-state index contributed by atoms with van der Waals surface area (Å²) in [4.78, 5) is 38.1. The molecule has 2 aliphatic rings. The Labute approximate surface area is 169 Å². The number of likely N-dealkylation sites (tertiary alicyclic amines) is 1. The van der Waals surface area contributed by atoms with Crippen LogP contribution >= 0.6 is 0 Å². The maximum atomic E-state index is 12.4. The number of ether oxygens (including phenoxy) is 3. The summed E-state index contributed by atoms with van der Waals surface area (Å²) in [6.45, 7) is 6.43. The van der Waals surface area contributed by atoms with Gasteiger partial charge in [-0.15, -0.1) is 0 Å². The van der Waals surface area contributed by atoms with Crippen molar-refractivity contribution >= 4 is 17.7 Å². The number of phenols is 1. The third-order valence-corrected chi connectivity index (χ3v) is 5.14. The second kappa shape index (κ2) is 8.31. The van der Waals surface area contributed by atoms with Crippen molar-refractivity contribution in [1.29, 1.82) is 0 Å². The van der Waals surface area contributed by atoms with Gasteiger partial charge in [-0.3, -0.25) is 14.4 Å². The lowest BCUT2D eigenvalue weighted by molar-refractivity contribution is -0.151. The zero-order valence-electron chi connectivity index (χ0n) is 17.0. The van der Waals surface area contributed by atoms with Gasteiger partial charge in [-0.25, -0.2) is 0 Å². The number of hydrogen-bond donors (Lipinski definition) is 1. The topological polar surface area (TPSA) is 102 Å². The second-order valence-electron chi connectivity index (χ2n) is 7.97. The number of carbonyl (C=O) groups is 3. The van der Waals surface area contributed by atoms with E-state index in [2.05, 4.69) is 0 Å². The van der Waals surface area contributed by atoms with Gasteiger partial charge in [0.1, 0.15) is 28.4 Å². The fraction of sp³-hybridized carbons (Fsp3) is 0.571. The van der Waals surface area contributed by atoms with E-state index in [1.807, 2.05) is 0 Å². The van der Waals surface area contributed by atoms with Gasteiger partial charge in [-0.1, -0.05) is 0 Å². The maximum Gasteiger partial charge on any atom is 0.309 e. The fourth-order valence-electron chi connectivity index (χ4n) is 3.69. The molecule has 158 valence electrons. The van der Waals surface area contributed by atoms with Gasteiger partial charge in [-0.05, 0) is 33.6 Å². The average molecular weight is 405 g/mol. The normalized spacial score (nSPS) is 18.6. The molecule has 0 aliphatic carbocycles. The van der Waals surface area contributed by atoms with Crippen molar-refractivity contribution in [2.45, 2.75) is 45.6 Å². The molecule has 1 aromatic carbocycles. The van der Waals surface area contributed by atoms with Crippen molar-refractivity contribution in [3.63, 3.8) is 0 Å². The average Bonchev–Trinajstić information content (AvgIpc) is 2.64. The van der Waals surface area contributed by atoms with Gasteiger partial charge in [-0.2, -0.15) is 0 Å². The lowest BCUT2D eigenvalue weighted by atomic mass is 9.92. The van der Waals surface area contributed by atoms with E-state index in [0.29, 0.717) is 32.5 Å². The van der Waals surface area contributed by atoms with E-state index in [1.165, 1.54) is 12.1 Å². The number of piperidine rings is 1. The molecule has 2 aliphatic heterocycles. The van der Waals surface area contributed by atoms with Crippen LogP contribution in [0.1, 0.15) is 50.4 Å². The third-order valence-electron chi connectivity index (χ3n) is 5.14. The van der Waals surface area contributed by atoms with Crippen LogP contribution in [0.15, 0.2) is 12.1 Å². The molecule has 3 rings (SSSR count). The van der Waals surface area contributed by atoms with Gasteiger partial charge in [0, 0.05) is 25.2 Å². The Kier molecular flexibility index (Phi) is 6.00. The van der Waals surface area contributed by atoms with Gasteiger partial charge in [0.05, 0.1) is 18.9 Å². The first kappa shape index (κ1) is 21.0. The number of fused-ring (bicyclic) bond motifs is 1. The number of ketones is 1. The molecule has 2 heterocycles. The van der Waals surface area contributed by atoms with Crippen LogP contribution in [0.3, 0.4) is 0 Å². The minimum atomic E-state index is -0.672. The summed E-state index contributed by atoms with van der Waals surface area (Å²) in [5.41, 5.74) is -0.530. The number of carbonyl (C=O) groups excluding carboxylic acids is 3. The van der Waals surface area contributed by atoms with Crippen molar-refractivity contribution in [2.75, 3.05) is 26.3 Å². The summed E-state index contributed by atoms with van der Waals surface area (Å²) >= 11 is 0. The second-order valence-corrected chi connectivity index (χ2v) is 7.97. The minimum absolute atomic E-state index is 0.143. The standard InChI is InChI=1S/C21H27NO7/c1-4-27-20(26)13-5-7-22(8-6-13)18(25)12-28-14-9-15(23)19-16(24)11-21(2,3)29-17(19)10-14/h9-10,13,23H,4-8,11-12H2,1-3H3. The molecular formula is C21H27NO7. The van der Waals surface area contributed by atoms with Crippen LogP contribution in [-0.4, -0.2) is 59.6 Å². The number of Topliss-reactive ketones (excluding diaryl/α,β-unsaturated/α-hetero) is 1. The Bertz CT molecular complexity index is 809. The fourth-order valence-corrected chi connectivity index (χ4v) is 3.69. The molecule has 1 amide bonds. The summed E-state index contributed by atoms with van der Waals surface area (Å²) in [6.07, 6.45) is 1.30. The van der Waals surface area contributed by atoms with E-state index in [-0.39, 0.29) is 59.4 Å². The highest BCUT2D eigenvalue weighted by atomic mass is 16.5. The summed E-state index contributed by atoms with van der Waals surface area (Å²) in [7, 11) is 0. The first-order chi connectivity index (χ1) is 13.7. The van der Waals surface area contributed by atoms with E-state index < -0.39 is 5.60 Å². The monoisotopic (exact) mass is 405 g/mol. The van der Waals surface area contributed by atoms with E-state index in [1.54, 1.807) is 25.7 Å². The van der Waals surface area contributed by atoms with Gasteiger partial charge < -0.3 is 24.2 Å². The predicted octanol–water partition coefficient (Wildman–Crippen LogP) is 2.32. The molecule has 1 saturated heterocycles. The maximum absolute atomic E-state index is 12.4. The number of aromatic hydroxyl groups is 1. The first-order valence-electron chi connectivity index (χ1n) is 9.86. The molecule has 8 nitrogen and oxygen atoms in total. The van der Waals surface area contributed by atoms with E-state index in [9.17, 15) is 19.5 Å². The Morgan fingerprint density at radius 2 is 1.97 bits per heavy atom. The van der Waals surface area contributed by atoms with Crippen molar-refractivity contribution in [3.05, 3.63) is 17.7 Å². The van der Waals surface area contributed by atoms with Crippen molar-refractivity contribution in [1.82, 2.24) is 4.90 Å². The lowest BCUT2D eigenvalue weighted by Gasteiger charge is -2.32. The number of esters is 1. The van der Waals surface area contributed by atoms with Crippen LogP contribution in [0.4, 0.5) is 0 Å². The molecule has 0 atom stereocenters. The lowest BCUT2D eigenvalue weighted by Crippen LogP contribution is -2.42. The Hall–Kier alpha value is -2.77. The smallest absolute Gasteiger partial charge is 0.309 e. The molecule has 29 heavy (non-hydrogen) atoms. The van der Waals surface area contributed by atoms with Gasteiger partial charge in [0.15, 0.2) is 12.4 Å². The zero-order chi connectivity index (χ0) is 21.2. The van der Waals surface area contributed by atoms with E-state index in [4.69, 9.17) is 14.2 Å². The number of hydrogen-bond acceptors (Lipinski definition) is 7. The highest BCUT2D eigenvalue weighted by molar-refractivity contribution is 6.03. The van der Waals surface area contributed by atoms with E-state index in [0.717, 1.165) is 0 Å². The summed E-state index contributed by atoms with van der Waals surface area (Å²) in [5.74, 6) is -0.498. The predicted molar refractivity (Wildman–Crippen MR) is 103 cm³/mol. The number of rotatable bonds is 5. The molecular weight excluding hydrogens is 378 g/mol. The molecule has 0 aromatic heterocycles. The molecule has 0 unspecified atom stereocenters. The van der Waals surface area contributed by atoms with Crippen LogP contribution in [-0.2, 0) is 14.3 Å². The van der Waals surface area contributed by atoms with Crippen LogP contribution in [0.5, 0.6) is 17.2 Å². The molecule has 1 aromatic rings. The molecule has 0 radical (unpaired) electrons. The highest BCUT2D eigenvalue weighted by Gasteiger charge is 2.35. The number of nitrogens with zero attached hydrogens (tertiary/aromatic N) is 1. The Morgan fingerprint density at radius 1 is 1.28 bits per heavy atom. The molecule has 8 heteroatoms. The Morgan fingerprint density at radius 3 is 2.62 bits per heavy atom. The highest BCUT2D eigenvalue weighted by Crippen LogP contribution is 2.40. The molecule has 0 spiro atoms. The molecule has 1 N–H and O–H groups in total. The van der Waals surface area contributed by atoms with Crippen molar-refractivity contribution < 1.29 is 33.7 Å². The van der Waals surface area contributed by atoms with Gasteiger partial charge >= 0.3 is 5.97 Å². The molecule has 0 saturated carbocycles. The summed E-state index contributed by atoms with van der Waals surface area (Å²) < 4.78 is 16.4. The van der Waals surface area contributed by atoms with Crippen molar-refractivity contribution in [2.24, 2.45) is 5.92 Å². The van der Waals surface area contributed by atoms with Gasteiger partial charge in [0.2, 0.25) is 0 Å². The van der Waals surface area contributed by atoms with Crippen molar-refractivity contribution in [3.8, 4) is 17.2 Å². The zero-order valence-corrected chi connectivity index (χ0v) is 17.0. The third kappa shape index (κ3) is 4.81. The largest absolute Gasteiger partial charge is 0.507 e. The van der Waals surface area contributed by atoms with E-state index >= 15 is 0 Å². The number of amides is 1. The quantitative estimate of drug-likeness (QED) is 0.750. The van der Waals surface area contributed by atoms with Crippen LogP contribution < -0.4 is 9.47 Å². The summed E-state index contributed by atoms with van der Waals surface area (Å²) in [5, 5.41) is 10.2. The molecule has 0 bridgehead atoms. The SMILES string of the molecule is CCOC(=O)C1CCN(C(=O)COc2cc(O)c3c(c2)OC(C)(C)CC3=O)CC1. The summed E-state index contributed by atoms with van der Waals surface area (Å²) in [6, 6.07) is 2.84. The Balaban J connectivity index is 1.58. The number of benzene rings is 1.